The molecule has 0 atom stereocenters. The second kappa shape index (κ2) is 7.46. The standard InChI is InChI=1S/C17H26N2O2/c1-13-11-14(2)16(15(3)12-13)21-17(20)18-7-10-19-8-5-4-6-9-19/h11-12H,4-10H2,1-3H3,(H,18,20). The Kier molecular flexibility index (Phi) is 5.62. The number of hydrogen-bond donors (Lipinski definition) is 1. The van der Waals surface area contributed by atoms with Crippen LogP contribution in [0.25, 0.3) is 0 Å². The zero-order valence-corrected chi connectivity index (χ0v) is 13.4. The molecule has 0 saturated carbocycles. The van der Waals surface area contributed by atoms with Gasteiger partial charge < -0.3 is 15.0 Å². The highest BCUT2D eigenvalue weighted by Gasteiger charge is 2.12. The largest absolute Gasteiger partial charge is 0.412 e. The maximum atomic E-state index is 11.9. The molecule has 1 aromatic rings. The van der Waals surface area contributed by atoms with Crippen molar-refractivity contribution in [3.05, 3.63) is 28.8 Å². The topological polar surface area (TPSA) is 41.6 Å². The van der Waals surface area contributed by atoms with Crippen molar-refractivity contribution in [2.24, 2.45) is 0 Å². The molecule has 0 radical (unpaired) electrons. The third-order valence-electron chi connectivity index (χ3n) is 3.95. The Labute approximate surface area is 127 Å². The van der Waals surface area contributed by atoms with Gasteiger partial charge in [0.25, 0.3) is 0 Å². The molecule has 0 aliphatic carbocycles. The van der Waals surface area contributed by atoms with Crippen molar-refractivity contribution < 1.29 is 9.53 Å². The van der Waals surface area contributed by atoms with E-state index in [1.165, 1.54) is 24.8 Å². The molecule has 0 aromatic heterocycles. The average molecular weight is 290 g/mol. The van der Waals surface area contributed by atoms with E-state index in [9.17, 15) is 4.79 Å². The van der Waals surface area contributed by atoms with Gasteiger partial charge in [-0.05, 0) is 57.8 Å². The third-order valence-corrected chi connectivity index (χ3v) is 3.95. The summed E-state index contributed by atoms with van der Waals surface area (Å²) in [5.41, 5.74) is 3.18. The van der Waals surface area contributed by atoms with Crippen molar-refractivity contribution in [2.75, 3.05) is 26.2 Å². The fourth-order valence-corrected chi connectivity index (χ4v) is 2.96. The van der Waals surface area contributed by atoms with Gasteiger partial charge in [0.15, 0.2) is 0 Å². The second-order valence-corrected chi connectivity index (χ2v) is 5.95. The Morgan fingerprint density at radius 3 is 2.38 bits per heavy atom. The molecule has 116 valence electrons. The number of aryl methyl sites for hydroxylation is 3. The van der Waals surface area contributed by atoms with Crippen LogP contribution in [-0.4, -0.2) is 37.2 Å². The first-order chi connectivity index (χ1) is 10.1. The summed E-state index contributed by atoms with van der Waals surface area (Å²) < 4.78 is 5.45. The van der Waals surface area contributed by atoms with Crippen LogP contribution < -0.4 is 10.1 Å². The fraction of sp³-hybridized carbons (Fsp3) is 0.588. The minimum absolute atomic E-state index is 0.359. The molecule has 0 unspecified atom stereocenters. The summed E-state index contributed by atoms with van der Waals surface area (Å²) in [6.07, 6.45) is 3.51. The molecule has 1 saturated heterocycles. The van der Waals surface area contributed by atoms with Gasteiger partial charge in [-0.25, -0.2) is 4.79 Å². The summed E-state index contributed by atoms with van der Waals surface area (Å²) in [5.74, 6) is 0.677. The fourth-order valence-electron chi connectivity index (χ4n) is 2.96. The van der Waals surface area contributed by atoms with Gasteiger partial charge in [0.05, 0.1) is 0 Å². The van der Waals surface area contributed by atoms with Crippen molar-refractivity contribution in [3.8, 4) is 5.75 Å². The van der Waals surface area contributed by atoms with Gasteiger partial charge in [-0.1, -0.05) is 24.1 Å². The minimum Gasteiger partial charge on any atom is -0.410 e. The first-order valence-corrected chi connectivity index (χ1v) is 7.82. The lowest BCUT2D eigenvalue weighted by Crippen LogP contribution is -2.38. The number of nitrogens with zero attached hydrogens (tertiary/aromatic N) is 1. The molecule has 1 N–H and O–H groups in total. The van der Waals surface area contributed by atoms with Gasteiger partial charge in [0, 0.05) is 13.1 Å². The molecule has 1 amide bonds. The highest BCUT2D eigenvalue weighted by Crippen LogP contribution is 2.24. The van der Waals surface area contributed by atoms with E-state index in [1.807, 2.05) is 32.9 Å². The predicted octanol–water partition coefficient (Wildman–Crippen LogP) is 3.19. The quantitative estimate of drug-likeness (QED) is 0.926. The number of hydrogen-bond acceptors (Lipinski definition) is 3. The van der Waals surface area contributed by atoms with Crippen LogP contribution in [0.5, 0.6) is 5.75 Å². The SMILES string of the molecule is Cc1cc(C)c(OC(=O)NCCN2CCCCC2)c(C)c1. The zero-order chi connectivity index (χ0) is 15.2. The van der Waals surface area contributed by atoms with E-state index >= 15 is 0 Å². The van der Waals surface area contributed by atoms with Crippen molar-refractivity contribution in [1.29, 1.82) is 0 Å². The summed E-state index contributed by atoms with van der Waals surface area (Å²) in [5, 5.41) is 2.84. The Bertz CT molecular complexity index is 471. The van der Waals surface area contributed by atoms with Gasteiger partial charge in [-0.3, -0.25) is 0 Å². The number of piperidine rings is 1. The van der Waals surface area contributed by atoms with Gasteiger partial charge in [-0.15, -0.1) is 0 Å². The number of carbonyl (C=O) groups excluding carboxylic acids is 1. The van der Waals surface area contributed by atoms with Gasteiger partial charge >= 0.3 is 6.09 Å². The van der Waals surface area contributed by atoms with Crippen LogP contribution >= 0.6 is 0 Å². The molecule has 4 heteroatoms. The van der Waals surface area contributed by atoms with E-state index in [4.69, 9.17) is 4.74 Å². The summed E-state index contributed by atoms with van der Waals surface area (Å²) >= 11 is 0. The molecule has 1 fully saturated rings. The molecule has 1 aromatic carbocycles. The van der Waals surface area contributed by atoms with Gasteiger partial charge in [0.1, 0.15) is 5.75 Å². The van der Waals surface area contributed by atoms with Crippen molar-refractivity contribution in [3.63, 3.8) is 0 Å². The number of carbonyl (C=O) groups is 1. The molecule has 1 heterocycles. The first-order valence-electron chi connectivity index (χ1n) is 7.82. The number of benzene rings is 1. The van der Waals surface area contributed by atoms with Crippen LogP contribution in [0, 0.1) is 20.8 Å². The summed E-state index contributed by atoms with van der Waals surface area (Å²) in [6, 6.07) is 4.06. The predicted molar refractivity (Wildman–Crippen MR) is 85.0 cm³/mol. The Balaban J connectivity index is 1.79. The molecular weight excluding hydrogens is 264 g/mol. The van der Waals surface area contributed by atoms with Gasteiger partial charge in [-0.2, -0.15) is 0 Å². The molecular formula is C17H26N2O2. The normalized spacial score (nSPS) is 15.8. The number of likely N-dealkylation sites (tertiary alicyclic amines) is 1. The summed E-state index contributed by atoms with van der Waals surface area (Å²) in [7, 11) is 0. The maximum absolute atomic E-state index is 11.9. The molecule has 0 bridgehead atoms. The molecule has 1 aliphatic rings. The Morgan fingerprint density at radius 2 is 1.76 bits per heavy atom. The monoisotopic (exact) mass is 290 g/mol. The summed E-state index contributed by atoms with van der Waals surface area (Å²) in [4.78, 5) is 14.3. The van der Waals surface area contributed by atoms with Crippen molar-refractivity contribution in [1.82, 2.24) is 10.2 Å². The minimum atomic E-state index is -0.359. The van der Waals surface area contributed by atoms with Crippen LogP contribution in [0.1, 0.15) is 36.0 Å². The van der Waals surface area contributed by atoms with E-state index < -0.39 is 0 Å². The van der Waals surface area contributed by atoms with E-state index in [0.717, 1.165) is 30.8 Å². The summed E-state index contributed by atoms with van der Waals surface area (Å²) in [6.45, 7) is 9.82. The average Bonchev–Trinajstić information content (AvgIpc) is 2.44. The van der Waals surface area contributed by atoms with Gasteiger partial charge in [0.2, 0.25) is 0 Å². The molecule has 1 aliphatic heterocycles. The number of rotatable bonds is 4. The lowest BCUT2D eigenvalue weighted by atomic mass is 10.1. The van der Waals surface area contributed by atoms with Crippen molar-refractivity contribution >= 4 is 6.09 Å². The zero-order valence-electron chi connectivity index (χ0n) is 13.4. The van der Waals surface area contributed by atoms with Crippen LogP contribution in [0.15, 0.2) is 12.1 Å². The molecule has 2 rings (SSSR count). The molecule has 0 spiro atoms. The van der Waals surface area contributed by atoms with Crippen LogP contribution in [0.4, 0.5) is 4.79 Å². The Hall–Kier alpha value is -1.55. The Morgan fingerprint density at radius 1 is 1.14 bits per heavy atom. The van der Waals surface area contributed by atoms with E-state index in [2.05, 4.69) is 10.2 Å². The van der Waals surface area contributed by atoms with Crippen LogP contribution in [0.3, 0.4) is 0 Å². The maximum Gasteiger partial charge on any atom is 0.412 e. The number of nitrogens with one attached hydrogen (secondary N) is 1. The first kappa shape index (κ1) is 15.8. The van der Waals surface area contributed by atoms with Crippen LogP contribution in [-0.2, 0) is 0 Å². The van der Waals surface area contributed by atoms with E-state index in [1.54, 1.807) is 0 Å². The second-order valence-electron chi connectivity index (χ2n) is 5.95. The van der Waals surface area contributed by atoms with Crippen molar-refractivity contribution in [2.45, 2.75) is 40.0 Å². The number of amides is 1. The molecule has 21 heavy (non-hydrogen) atoms. The lowest BCUT2D eigenvalue weighted by molar-refractivity contribution is 0.192. The smallest absolute Gasteiger partial charge is 0.410 e. The van der Waals surface area contributed by atoms with E-state index in [-0.39, 0.29) is 6.09 Å². The highest BCUT2D eigenvalue weighted by molar-refractivity contribution is 5.71. The lowest BCUT2D eigenvalue weighted by Gasteiger charge is -2.26. The third kappa shape index (κ3) is 4.74. The molecule has 4 nitrogen and oxygen atoms in total. The van der Waals surface area contributed by atoms with Crippen LogP contribution in [0.2, 0.25) is 0 Å². The highest BCUT2D eigenvalue weighted by atomic mass is 16.6. The number of ether oxygens (including phenoxy) is 1. The van der Waals surface area contributed by atoms with E-state index in [0.29, 0.717) is 12.3 Å².